The third kappa shape index (κ3) is 2.43. The van der Waals surface area contributed by atoms with Gasteiger partial charge in [-0.2, -0.15) is 0 Å². The van der Waals surface area contributed by atoms with E-state index >= 15 is 0 Å². The largest absolute Gasteiger partial charge is 0.378 e. The Balaban J connectivity index is 1.58. The molecule has 2 atom stereocenters. The van der Waals surface area contributed by atoms with Crippen molar-refractivity contribution in [2.45, 2.75) is 90.2 Å². The quantitative estimate of drug-likeness (QED) is 0.783. The summed E-state index contributed by atoms with van der Waals surface area (Å²) in [6.45, 7) is 6.67. The smallest absolute Gasteiger partial charge is 0.0661 e. The maximum Gasteiger partial charge on any atom is 0.0661 e. The van der Waals surface area contributed by atoms with E-state index in [0.29, 0.717) is 16.9 Å². The molecule has 0 aromatic heterocycles. The standard InChI is InChI=1S/C18H33NO/c1-3-17(9-8-10-17)14-19-15-13-16(20-4-2)18(15)11-6-5-7-12-18/h15-16,19H,3-14H2,1-2H3. The summed E-state index contributed by atoms with van der Waals surface area (Å²) in [5.74, 6) is 0. The molecule has 2 unspecified atom stereocenters. The number of rotatable bonds is 6. The molecule has 2 heteroatoms. The van der Waals surface area contributed by atoms with Gasteiger partial charge in [0.05, 0.1) is 6.10 Å². The summed E-state index contributed by atoms with van der Waals surface area (Å²) in [6.07, 6.45) is 14.6. The van der Waals surface area contributed by atoms with Gasteiger partial charge in [0, 0.05) is 24.6 Å². The summed E-state index contributed by atoms with van der Waals surface area (Å²) in [7, 11) is 0. The predicted octanol–water partition coefficient (Wildman–Crippen LogP) is 4.28. The van der Waals surface area contributed by atoms with Gasteiger partial charge in [0.2, 0.25) is 0 Å². The summed E-state index contributed by atoms with van der Waals surface area (Å²) >= 11 is 0. The van der Waals surface area contributed by atoms with Gasteiger partial charge in [0.15, 0.2) is 0 Å². The summed E-state index contributed by atoms with van der Waals surface area (Å²) in [4.78, 5) is 0. The van der Waals surface area contributed by atoms with E-state index in [1.807, 2.05) is 0 Å². The van der Waals surface area contributed by atoms with Gasteiger partial charge in [-0.1, -0.05) is 32.6 Å². The monoisotopic (exact) mass is 279 g/mol. The molecule has 0 bridgehead atoms. The van der Waals surface area contributed by atoms with E-state index in [1.165, 1.54) is 70.8 Å². The maximum absolute atomic E-state index is 6.06. The van der Waals surface area contributed by atoms with Gasteiger partial charge in [-0.3, -0.25) is 0 Å². The molecular weight excluding hydrogens is 246 g/mol. The summed E-state index contributed by atoms with van der Waals surface area (Å²) in [5, 5.41) is 3.98. The highest BCUT2D eigenvalue weighted by atomic mass is 16.5. The van der Waals surface area contributed by atoms with Gasteiger partial charge in [-0.05, 0) is 50.9 Å². The van der Waals surface area contributed by atoms with Crippen molar-refractivity contribution in [1.82, 2.24) is 5.32 Å². The summed E-state index contributed by atoms with van der Waals surface area (Å²) in [5.41, 5.74) is 1.14. The molecule has 0 aromatic rings. The molecule has 1 spiro atoms. The highest BCUT2D eigenvalue weighted by Crippen LogP contribution is 2.54. The summed E-state index contributed by atoms with van der Waals surface area (Å²) in [6, 6.07) is 0.739. The first kappa shape index (κ1) is 14.8. The topological polar surface area (TPSA) is 21.3 Å². The second-order valence-corrected chi connectivity index (χ2v) is 7.61. The maximum atomic E-state index is 6.06. The van der Waals surface area contributed by atoms with Gasteiger partial charge in [-0.25, -0.2) is 0 Å². The molecule has 3 saturated carbocycles. The minimum atomic E-state index is 0.493. The lowest BCUT2D eigenvalue weighted by Gasteiger charge is -2.59. The van der Waals surface area contributed by atoms with E-state index in [-0.39, 0.29) is 0 Å². The van der Waals surface area contributed by atoms with Crippen LogP contribution in [0.4, 0.5) is 0 Å². The third-order valence-corrected chi connectivity index (χ3v) is 6.82. The first-order valence-electron chi connectivity index (χ1n) is 9.10. The van der Waals surface area contributed by atoms with Crippen molar-refractivity contribution < 1.29 is 4.74 Å². The van der Waals surface area contributed by atoms with Crippen LogP contribution >= 0.6 is 0 Å². The minimum Gasteiger partial charge on any atom is -0.378 e. The van der Waals surface area contributed by atoms with E-state index in [2.05, 4.69) is 19.2 Å². The Hall–Kier alpha value is -0.0800. The fourth-order valence-electron chi connectivity index (χ4n) is 5.02. The number of ether oxygens (including phenoxy) is 1. The Morgan fingerprint density at radius 3 is 2.30 bits per heavy atom. The van der Waals surface area contributed by atoms with E-state index in [9.17, 15) is 0 Å². The van der Waals surface area contributed by atoms with Crippen LogP contribution in [0.2, 0.25) is 0 Å². The molecule has 2 nitrogen and oxygen atoms in total. The molecule has 3 aliphatic carbocycles. The van der Waals surface area contributed by atoms with Gasteiger partial charge >= 0.3 is 0 Å². The Morgan fingerprint density at radius 1 is 1.00 bits per heavy atom. The number of nitrogens with one attached hydrogen (secondary N) is 1. The van der Waals surface area contributed by atoms with E-state index in [0.717, 1.165) is 12.6 Å². The first-order valence-corrected chi connectivity index (χ1v) is 9.10. The normalized spacial score (nSPS) is 34.5. The molecule has 3 rings (SSSR count). The Kier molecular flexibility index (Phi) is 4.42. The van der Waals surface area contributed by atoms with Crippen molar-refractivity contribution >= 4 is 0 Å². The van der Waals surface area contributed by atoms with Crippen LogP contribution in [-0.4, -0.2) is 25.3 Å². The zero-order chi connectivity index (χ0) is 14.1. The van der Waals surface area contributed by atoms with Crippen LogP contribution in [-0.2, 0) is 4.74 Å². The molecule has 0 amide bonds. The lowest BCUT2D eigenvalue weighted by Crippen LogP contribution is -2.65. The molecule has 3 fully saturated rings. The molecule has 0 heterocycles. The Labute approximate surface area is 125 Å². The lowest BCUT2D eigenvalue weighted by atomic mass is 9.54. The van der Waals surface area contributed by atoms with E-state index < -0.39 is 0 Å². The molecule has 20 heavy (non-hydrogen) atoms. The van der Waals surface area contributed by atoms with Crippen molar-refractivity contribution in [2.24, 2.45) is 10.8 Å². The van der Waals surface area contributed by atoms with E-state index in [1.54, 1.807) is 0 Å². The van der Waals surface area contributed by atoms with Crippen molar-refractivity contribution in [3.05, 3.63) is 0 Å². The second kappa shape index (κ2) is 5.96. The molecule has 1 N–H and O–H groups in total. The summed E-state index contributed by atoms with van der Waals surface area (Å²) < 4.78 is 6.06. The van der Waals surface area contributed by atoms with Crippen LogP contribution in [0.15, 0.2) is 0 Å². The van der Waals surface area contributed by atoms with Crippen molar-refractivity contribution in [3.63, 3.8) is 0 Å². The highest BCUT2D eigenvalue weighted by Gasteiger charge is 2.55. The Morgan fingerprint density at radius 2 is 1.75 bits per heavy atom. The number of hydrogen-bond donors (Lipinski definition) is 1. The minimum absolute atomic E-state index is 0.493. The molecule has 0 aliphatic heterocycles. The van der Waals surface area contributed by atoms with Gasteiger partial charge in [0.1, 0.15) is 0 Å². The highest BCUT2D eigenvalue weighted by molar-refractivity contribution is 5.09. The van der Waals surface area contributed by atoms with Crippen LogP contribution < -0.4 is 5.32 Å². The predicted molar refractivity (Wildman–Crippen MR) is 83.9 cm³/mol. The SMILES string of the molecule is CCOC1CC(NCC2(CC)CCC2)C12CCCCC2. The van der Waals surface area contributed by atoms with Crippen molar-refractivity contribution in [3.8, 4) is 0 Å². The fourth-order valence-corrected chi connectivity index (χ4v) is 5.02. The van der Waals surface area contributed by atoms with Crippen LogP contribution in [0.1, 0.15) is 78.1 Å². The van der Waals surface area contributed by atoms with Crippen LogP contribution in [0.25, 0.3) is 0 Å². The van der Waals surface area contributed by atoms with E-state index in [4.69, 9.17) is 4.74 Å². The Bertz CT molecular complexity index is 312. The lowest BCUT2D eigenvalue weighted by molar-refractivity contribution is -0.152. The zero-order valence-electron chi connectivity index (χ0n) is 13.5. The van der Waals surface area contributed by atoms with Crippen molar-refractivity contribution in [2.75, 3.05) is 13.2 Å². The van der Waals surface area contributed by atoms with Crippen LogP contribution in [0.5, 0.6) is 0 Å². The zero-order valence-corrected chi connectivity index (χ0v) is 13.5. The van der Waals surface area contributed by atoms with Gasteiger partial charge in [0.25, 0.3) is 0 Å². The number of hydrogen-bond acceptors (Lipinski definition) is 2. The van der Waals surface area contributed by atoms with Gasteiger partial charge < -0.3 is 10.1 Å². The van der Waals surface area contributed by atoms with Crippen molar-refractivity contribution in [1.29, 1.82) is 0 Å². The third-order valence-electron chi connectivity index (χ3n) is 6.82. The van der Waals surface area contributed by atoms with Gasteiger partial charge in [-0.15, -0.1) is 0 Å². The molecular formula is C18H33NO. The average Bonchev–Trinajstić information content (AvgIpc) is 2.45. The second-order valence-electron chi connectivity index (χ2n) is 7.61. The molecule has 3 aliphatic rings. The first-order chi connectivity index (χ1) is 9.75. The van der Waals surface area contributed by atoms with Crippen LogP contribution in [0, 0.1) is 10.8 Å². The molecule has 116 valence electrons. The average molecular weight is 279 g/mol. The molecule has 0 aromatic carbocycles. The van der Waals surface area contributed by atoms with Crippen LogP contribution in [0.3, 0.4) is 0 Å². The fraction of sp³-hybridized carbons (Fsp3) is 1.00. The molecule has 0 saturated heterocycles. The molecule has 0 radical (unpaired) electrons.